The number of thiazole rings is 1. The number of hydrogen-bond acceptors (Lipinski definition) is 6. The lowest BCUT2D eigenvalue weighted by Crippen LogP contribution is -2.36. The molecular weight excluding hydrogens is 424 g/mol. The number of nitrogens with zero attached hydrogens (tertiary/aromatic N) is 4. The summed E-state index contributed by atoms with van der Waals surface area (Å²) in [6.07, 6.45) is 6.63. The minimum atomic E-state index is 0.148. The second-order valence-electron chi connectivity index (χ2n) is 8.76. The van der Waals surface area contributed by atoms with Crippen LogP contribution in [-0.4, -0.2) is 32.5 Å². The van der Waals surface area contributed by atoms with E-state index in [0.717, 1.165) is 54.6 Å². The molecule has 0 aliphatic heterocycles. The lowest BCUT2D eigenvalue weighted by molar-refractivity contribution is 0.213. The topological polar surface area (TPSA) is 51.0 Å². The number of thiophene rings is 1. The zero-order valence-corrected chi connectivity index (χ0v) is 19.1. The number of likely N-dealkylation sites (N-methyl/N-ethyl adjacent to an activating group) is 1. The molecule has 0 fully saturated rings. The molecular formula is C24H24N4OS2. The molecule has 6 rings (SSSR count). The first-order valence-electron chi connectivity index (χ1n) is 10.8. The highest BCUT2D eigenvalue weighted by Gasteiger charge is 2.29. The number of rotatable bonds is 4. The van der Waals surface area contributed by atoms with Crippen LogP contribution in [0.2, 0.25) is 0 Å². The van der Waals surface area contributed by atoms with Gasteiger partial charge in [0.15, 0.2) is 0 Å². The molecule has 2 aliphatic rings. The fraction of sp³-hybridized carbons (Fsp3) is 0.375. The molecule has 5 nitrogen and oxygen atoms in total. The number of aryl methyl sites for hydroxylation is 1. The Morgan fingerprint density at radius 3 is 2.71 bits per heavy atom. The van der Waals surface area contributed by atoms with Crippen molar-refractivity contribution in [1.29, 1.82) is 0 Å². The van der Waals surface area contributed by atoms with Crippen molar-refractivity contribution in [1.82, 2.24) is 19.4 Å². The molecule has 1 aromatic carbocycles. The molecule has 2 aliphatic carbocycles. The maximum atomic E-state index is 13.5. The molecule has 4 aromatic rings. The minimum Gasteiger partial charge on any atom is -0.297 e. The van der Waals surface area contributed by atoms with Crippen LogP contribution in [-0.2, 0) is 32.2 Å². The van der Waals surface area contributed by atoms with Crippen LogP contribution < -0.4 is 5.56 Å². The smallest absolute Gasteiger partial charge is 0.262 e. The molecule has 0 spiro atoms. The Morgan fingerprint density at radius 2 is 1.97 bits per heavy atom. The van der Waals surface area contributed by atoms with E-state index < -0.39 is 0 Å². The Morgan fingerprint density at radius 1 is 1.16 bits per heavy atom. The molecule has 0 saturated carbocycles. The van der Waals surface area contributed by atoms with E-state index >= 15 is 0 Å². The zero-order chi connectivity index (χ0) is 20.9. The number of aromatic nitrogens is 3. The second-order valence-corrected chi connectivity index (χ2v) is 10.6. The van der Waals surface area contributed by atoms with Gasteiger partial charge in [0, 0.05) is 28.9 Å². The molecule has 31 heavy (non-hydrogen) atoms. The molecule has 0 bridgehead atoms. The average Bonchev–Trinajstić information content (AvgIpc) is 3.51. The Kier molecular flexibility index (Phi) is 4.78. The fourth-order valence-electron chi connectivity index (χ4n) is 5.23. The van der Waals surface area contributed by atoms with Gasteiger partial charge < -0.3 is 0 Å². The van der Waals surface area contributed by atoms with E-state index in [1.807, 2.05) is 10.1 Å². The standard InChI is InChI=1S/C24H24N4OS2/c1-27(11-17-12-30-14-26-17)18-6-7-20-21(10-18)31-23-22(20)24(29)28(13-25-23)19-8-15-4-2-3-5-16(15)9-19/h2-5,12-14,18-19H,6-11H2,1H3. The quantitative estimate of drug-likeness (QED) is 0.469. The van der Waals surface area contributed by atoms with Crippen molar-refractivity contribution in [3.05, 3.63) is 79.1 Å². The highest BCUT2D eigenvalue weighted by atomic mass is 32.1. The molecule has 158 valence electrons. The Hall–Kier alpha value is -2.35. The third-order valence-electron chi connectivity index (χ3n) is 6.91. The lowest BCUT2D eigenvalue weighted by Gasteiger charge is -2.30. The van der Waals surface area contributed by atoms with Crippen molar-refractivity contribution in [2.45, 2.75) is 50.7 Å². The number of hydrogen-bond donors (Lipinski definition) is 0. The van der Waals surface area contributed by atoms with E-state index in [9.17, 15) is 4.79 Å². The van der Waals surface area contributed by atoms with Crippen molar-refractivity contribution >= 4 is 32.9 Å². The van der Waals surface area contributed by atoms with Crippen LogP contribution >= 0.6 is 22.7 Å². The van der Waals surface area contributed by atoms with Crippen molar-refractivity contribution in [3.63, 3.8) is 0 Å². The SMILES string of the molecule is CN(Cc1cscn1)C1CCc2c(sc3ncn(C4Cc5ccccc5C4)c(=O)c23)C1. The van der Waals surface area contributed by atoms with Gasteiger partial charge in [-0.1, -0.05) is 24.3 Å². The van der Waals surface area contributed by atoms with E-state index in [1.54, 1.807) is 29.0 Å². The van der Waals surface area contributed by atoms with Gasteiger partial charge in [-0.25, -0.2) is 9.97 Å². The summed E-state index contributed by atoms with van der Waals surface area (Å²) in [5, 5.41) is 3.00. The fourth-order valence-corrected chi connectivity index (χ4v) is 7.03. The van der Waals surface area contributed by atoms with Crippen molar-refractivity contribution in [2.24, 2.45) is 0 Å². The molecule has 1 atom stereocenters. The third kappa shape index (κ3) is 3.35. The largest absolute Gasteiger partial charge is 0.297 e. The number of benzene rings is 1. The molecule has 3 heterocycles. The molecule has 0 N–H and O–H groups in total. The highest BCUT2D eigenvalue weighted by Crippen LogP contribution is 2.36. The second kappa shape index (κ2) is 7.65. The summed E-state index contributed by atoms with van der Waals surface area (Å²) in [7, 11) is 2.19. The van der Waals surface area contributed by atoms with Gasteiger partial charge >= 0.3 is 0 Å². The first-order chi connectivity index (χ1) is 15.2. The Balaban J connectivity index is 1.29. The van der Waals surface area contributed by atoms with E-state index in [4.69, 9.17) is 4.98 Å². The molecule has 0 saturated heterocycles. The highest BCUT2D eigenvalue weighted by molar-refractivity contribution is 7.18. The van der Waals surface area contributed by atoms with Crippen molar-refractivity contribution < 1.29 is 0 Å². The third-order valence-corrected chi connectivity index (χ3v) is 8.71. The molecule has 1 unspecified atom stereocenters. The van der Waals surface area contributed by atoms with E-state index in [1.165, 1.54) is 21.6 Å². The zero-order valence-electron chi connectivity index (χ0n) is 17.5. The van der Waals surface area contributed by atoms with Gasteiger partial charge in [-0.2, -0.15) is 0 Å². The van der Waals surface area contributed by atoms with Crippen LogP contribution in [0, 0.1) is 0 Å². The first kappa shape index (κ1) is 19.3. The summed E-state index contributed by atoms with van der Waals surface area (Å²) in [4.78, 5) is 27.4. The van der Waals surface area contributed by atoms with Crippen LogP contribution in [0.15, 0.2) is 46.3 Å². The van der Waals surface area contributed by atoms with Crippen LogP contribution in [0.5, 0.6) is 0 Å². The summed E-state index contributed by atoms with van der Waals surface area (Å²) >= 11 is 3.36. The van der Waals surface area contributed by atoms with Crippen molar-refractivity contribution in [3.8, 4) is 0 Å². The molecule has 0 radical (unpaired) electrons. The van der Waals surface area contributed by atoms with E-state index in [-0.39, 0.29) is 11.6 Å². The van der Waals surface area contributed by atoms with Gasteiger partial charge in [-0.3, -0.25) is 14.3 Å². The summed E-state index contributed by atoms with van der Waals surface area (Å²) in [5.41, 5.74) is 7.15. The maximum Gasteiger partial charge on any atom is 0.262 e. The Labute approximate surface area is 189 Å². The molecule has 0 amide bonds. The summed E-state index contributed by atoms with van der Waals surface area (Å²) in [6.45, 7) is 0.877. The van der Waals surface area contributed by atoms with Gasteiger partial charge in [-0.05, 0) is 55.8 Å². The van der Waals surface area contributed by atoms with E-state index in [0.29, 0.717) is 6.04 Å². The Bertz CT molecular complexity index is 1280. The van der Waals surface area contributed by atoms with E-state index in [2.05, 4.69) is 46.6 Å². The predicted octanol–water partition coefficient (Wildman–Crippen LogP) is 4.24. The monoisotopic (exact) mass is 448 g/mol. The van der Waals surface area contributed by atoms with Crippen LogP contribution in [0.3, 0.4) is 0 Å². The van der Waals surface area contributed by atoms with Gasteiger partial charge in [0.05, 0.1) is 22.9 Å². The lowest BCUT2D eigenvalue weighted by atomic mass is 9.92. The molecule has 3 aromatic heterocycles. The number of fused-ring (bicyclic) bond motifs is 4. The maximum absolute atomic E-state index is 13.5. The minimum absolute atomic E-state index is 0.148. The summed E-state index contributed by atoms with van der Waals surface area (Å²) < 4.78 is 1.90. The normalized spacial score (nSPS) is 18.6. The first-order valence-corrected chi connectivity index (χ1v) is 12.6. The van der Waals surface area contributed by atoms with Crippen molar-refractivity contribution in [2.75, 3.05) is 7.05 Å². The van der Waals surface area contributed by atoms with Crippen LogP contribution in [0.4, 0.5) is 0 Å². The van der Waals surface area contributed by atoms with Gasteiger partial charge in [0.25, 0.3) is 5.56 Å². The predicted molar refractivity (Wildman–Crippen MR) is 126 cm³/mol. The van der Waals surface area contributed by atoms with Crippen LogP contribution in [0.25, 0.3) is 10.2 Å². The van der Waals surface area contributed by atoms with Gasteiger partial charge in [0.1, 0.15) is 4.83 Å². The summed E-state index contributed by atoms with van der Waals surface area (Å²) in [6, 6.07) is 9.19. The average molecular weight is 449 g/mol. The molecule has 7 heteroatoms. The summed E-state index contributed by atoms with van der Waals surface area (Å²) in [5.74, 6) is 0. The van der Waals surface area contributed by atoms with Crippen LogP contribution in [0.1, 0.15) is 39.7 Å². The van der Waals surface area contributed by atoms with Gasteiger partial charge in [-0.15, -0.1) is 22.7 Å². The van der Waals surface area contributed by atoms with Gasteiger partial charge in [0.2, 0.25) is 0 Å².